The lowest BCUT2D eigenvalue weighted by Crippen LogP contribution is -2.59. The normalized spacial score (nSPS) is 16.8. The summed E-state index contributed by atoms with van der Waals surface area (Å²) in [5.41, 5.74) is 6.31. The highest BCUT2D eigenvalue weighted by molar-refractivity contribution is 7.17. The van der Waals surface area contributed by atoms with Crippen molar-refractivity contribution in [2.75, 3.05) is 5.32 Å². The maximum Gasteiger partial charge on any atom is 0.270 e. The molecule has 156 valence electrons. The second-order valence-electron chi connectivity index (χ2n) is 8.51. The van der Waals surface area contributed by atoms with Crippen LogP contribution in [0.3, 0.4) is 0 Å². The van der Waals surface area contributed by atoms with Crippen molar-refractivity contribution in [1.82, 2.24) is 14.9 Å². The van der Waals surface area contributed by atoms with Crippen LogP contribution in [-0.2, 0) is 6.54 Å². The topological polar surface area (TPSA) is 59.0 Å². The van der Waals surface area contributed by atoms with Gasteiger partial charge in [0.15, 0.2) is 0 Å². The number of carbonyl (C=O) groups excluding carboxylic acids is 1. The third-order valence-electron chi connectivity index (χ3n) is 6.62. The van der Waals surface area contributed by atoms with Gasteiger partial charge in [-0.2, -0.15) is 0 Å². The Morgan fingerprint density at radius 1 is 1.23 bits per heavy atom. The third kappa shape index (κ3) is 2.89. The molecule has 1 fully saturated rings. The van der Waals surface area contributed by atoms with Crippen LogP contribution >= 0.6 is 22.9 Å². The van der Waals surface area contributed by atoms with E-state index in [1.54, 1.807) is 11.3 Å². The van der Waals surface area contributed by atoms with Crippen LogP contribution in [0.15, 0.2) is 48.1 Å². The van der Waals surface area contributed by atoms with Crippen LogP contribution in [0.25, 0.3) is 21.3 Å². The van der Waals surface area contributed by atoms with Crippen LogP contribution in [0.1, 0.15) is 35.3 Å². The Kier molecular flexibility index (Phi) is 4.17. The van der Waals surface area contributed by atoms with Crippen molar-refractivity contribution in [3.05, 3.63) is 64.4 Å². The highest BCUT2D eigenvalue weighted by atomic mass is 35.5. The van der Waals surface area contributed by atoms with E-state index in [1.165, 1.54) is 0 Å². The zero-order chi connectivity index (χ0) is 21.2. The molecule has 0 bridgehead atoms. The van der Waals surface area contributed by atoms with Gasteiger partial charge in [0.25, 0.3) is 5.91 Å². The van der Waals surface area contributed by atoms with E-state index in [0.717, 1.165) is 64.1 Å². The zero-order valence-electron chi connectivity index (χ0n) is 17.0. The summed E-state index contributed by atoms with van der Waals surface area (Å²) in [6, 6.07) is 9.87. The number of hydrogen-bond donors (Lipinski definition) is 2. The van der Waals surface area contributed by atoms with Crippen molar-refractivity contribution < 1.29 is 4.79 Å². The van der Waals surface area contributed by atoms with E-state index in [4.69, 9.17) is 11.6 Å². The average Bonchev–Trinajstić information content (AvgIpc) is 3.35. The van der Waals surface area contributed by atoms with Crippen molar-refractivity contribution in [1.29, 1.82) is 0 Å². The second-order valence-corrected chi connectivity index (χ2v) is 9.84. The molecule has 1 aliphatic heterocycles. The molecule has 1 aromatic carbocycles. The number of amides is 1. The van der Waals surface area contributed by atoms with Crippen molar-refractivity contribution in [2.45, 2.75) is 38.3 Å². The van der Waals surface area contributed by atoms with Gasteiger partial charge in [0.2, 0.25) is 0 Å². The summed E-state index contributed by atoms with van der Waals surface area (Å²) in [7, 11) is 0. The second kappa shape index (κ2) is 6.84. The first kappa shape index (κ1) is 18.9. The van der Waals surface area contributed by atoms with Gasteiger partial charge in [-0.1, -0.05) is 17.7 Å². The Morgan fingerprint density at radius 2 is 2.10 bits per heavy atom. The molecule has 0 atom stereocenters. The van der Waals surface area contributed by atoms with Crippen LogP contribution in [0.5, 0.6) is 0 Å². The van der Waals surface area contributed by atoms with Gasteiger partial charge in [-0.25, -0.2) is 0 Å². The van der Waals surface area contributed by atoms with Crippen LogP contribution in [0.4, 0.5) is 11.4 Å². The van der Waals surface area contributed by atoms with E-state index < -0.39 is 0 Å². The Balaban J connectivity index is 1.57. The molecular formula is C24H21ClN4OS. The maximum atomic E-state index is 13.3. The predicted octanol–water partition coefficient (Wildman–Crippen LogP) is 6.14. The fourth-order valence-electron chi connectivity index (χ4n) is 4.77. The minimum atomic E-state index is -0.0971. The number of hydrogen-bond acceptors (Lipinski definition) is 4. The first-order chi connectivity index (χ1) is 15.0. The summed E-state index contributed by atoms with van der Waals surface area (Å²) in [5.74, 6) is -0.0177. The molecule has 5 nitrogen and oxygen atoms in total. The predicted molar refractivity (Wildman–Crippen MR) is 127 cm³/mol. The molecule has 0 unspecified atom stereocenters. The number of pyridine rings is 1. The first-order valence-corrected chi connectivity index (χ1v) is 11.7. The molecule has 4 aromatic rings. The van der Waals surface area contributed by atoms with Gasteiger partial charge < -0.3 is 15.2 Å². The van der Waals surface area contributed by atoms with E-state index in [1.807, 2.05) is 43.5 Å². The molecular weight excluding hydrogens is 428 g/mol. The molecule has 4 heterocycles. The van der Waals surface area contributed by atoms with E-state index in [9.17, 15) is 4.79 Å². The van der Waals surface area contributed by atoms with Crippen molar-refractivity contribution in [3.8, 4) is 11.1 Å². The van der Waals surface area contributed by atoms with Crippen LogP contribution in [0.2, 0.25) is 5.02 Å². The SMILES string of the molecule is Cc1c(Cl)cccc1Nc1c(-c2ccnc3ccsc23)cn2c1C(=O)NC1(CCC1)C2. The zero-order valence-corrected chi connectivity index (χ0v) is 18.6. The number of rotatable bonds is 3. The summed E-state index contributed by atoms with van der Waals surface area (Å²) in [6.45, 7) is 2.79. The molecule has 3 aromatic heterocycles. The van der Waals surface area contributed by atoms with Crippen molar-refractivity contribution >= 4 is 50.4 Å². The van der Waals surface area contributed by atoms with E-state index in [-0.39, 0.29) is 11.4 Å². The molecule has 0 radical (unpaired) electrons. The molecule has 2 N–H and O–H groups in total. The number of carbonyl (C=O) groups is 1. The molecule has 1 amide bonds. The smallest absolute Gasteiger partial charge is 0.270 e. The molecule has 1 aliphatic carbocycles. The first-order valence-electron chi connectivity index (χ1n) is 10.5. The monoisotopic (exact) mass is 448 g/mol. The summed E-state index contributed by atoms with van der Waals surface area (Å²) in [6.07, 6.45) is 7.20. The van der Waals surface area contributed by atoms with Gasteiger partial charge in [0.1, 0.15) is 5.69 Å². The highest BCUT2D eigenvalue weighted by Gasteiger charge is 2.44. The maximum absolute atomic E-state index is 13.3. The molecule has 1 spiro atoms. The van der Waals surface area contributed by atoms with E-state index in [2.05, 4.69) is 31.8 Å². The number of benzene rings is 1. The lowest BCUT2D eigenvalue weighted by molar-refractivity contribution is 0.0720. The standard InChI is InChI=1S/C24H21ClN4OS/c1-14-17(25)4-2-5-18(14)27-20-16(15-6-10-26-19-7-11-31-22(15)19)12-29-13-24(8-3-9-24)28-23(30)21(20)29/h2,4-7,10-12,27H,3,8-9,13H2,1H3,(H,28,30). The summed E-state index contributed by atoms with van der Waals surface area (Å²) in [5, 5.41) is 9.61. The Hall–Kier alpha value is -2.83. The number of nitrogens with zero attached hydrogens (tertiary/aromatic N) is 2. The fraction of sp³-hybridized carbons (Fsp3) is 0.250. The number of nitrogens with one attached hydrogen (secondary N) is 2. The Bertz CT molecular complexity index is 1350. The van der Waals surface area contributed by atoms with Gasteiger partial charge in [-0.15, -0.1) is 11.3 Å². The van der Waals surface area contributed by atoms with Gasteiger partial charge in [-0.3, -0.25) is 9.78 Å². The van der Waals surface area contributed by atoms with Crippen LogP contribution in [-0.4, -0.2) is 21.0 Å². The largest absolute Gasteiger partial charge is 0.353 e. The van der Waals surface area contributed by atoms with Gasteiger partial charge >= 0.3 is 0 Å². The van der Waals surface area contributed by atoms with Crippen LogP contribution in [0, 0.1) is 6.92 Å². The lowest BCUT2D eigenvalue weighted by atomic mass is 9.75. The van der Waals surface area contributed by atoms with Crippen molar-refractivity contribution in [3.63, 3.8) is 0 Å². The number of fused-ring (bicyclic) bond motifs is 2. The molecule has 7 heteroatoms. The minimum absolute atomic E-state index is 0.0177. The van der Waals surface area contributed by atoms with Crippen molar-refractivity contribution in [2.24, 2.45) is 0 Å². The minimum Gasteiger partial charge on any atom is -0.353 e. The molecule has 0 saturated heterocycles. The van der Waals surface area contributed by atoms with Gasteiger partial charge in [-0.05, 0) is 61.4 Å². The number of anilines is 2. The van der Waals surface area contributed by atoms with Gasteiger partial charge in [0.05, 0.1) is 21.4 Å². The fourth-order valence-corrected chi connectivity index (χ4v) is 5.82. The summed E-state index contributed by atoms with van der Waals surface area (Å²) in [4.78, 5) is 17.8. The van der Waals surface area contributed by atoms with E-state index in [0.29, 0.717) is 10.7 Å². The van der Waals surface area contributed by atoms with Crippen LogP contribution < -0.4 is 10.6 Å². The molecule has 31 heavy (non-hydrogen) atoms. The molecule has 6 rings (SSSR count). The quantitative estimate of drug-likeness (QED) is 0.396. The van der Waals surface area contributed by atoms with E-state index >= 15 is 0 Å². The lowest BCUT2D eigenvalue weighted by Gasteiger charge is -2.45. The Labute approximate surface area is 189 Å². The molecule has 2 aliphatic rings. The average molecular weight is 449 g/mol. The highest BCUT2D eigenvalue weighted by Crippen LogP contribution is 2.44. The Morgan fingerprint density at radius 3 is 2.90 bits per heavy atom. The number of aromatic nitrogens is 2. The number of thiophene rings is 1. The molecule has 1 saturated carbocycles. The summed E-state index contributed by atoms with van der Waals surface area (Å²) < 4.78 is 3.25. The van der Waals surface area contributed by atoms with Gasteiger partial charge in [0, 0.05) is 40.8 Å². The summed E-state index contributed by atoms with van der Waals surface area (Å²) >= 11 is 8.05. The number of halogens is 1. The third-order valence-corrected chi connectivity index (χ3v) is 7.96.